The number of amides is 1. The number of aryl methyl sites for hydroxylation is 1. The highest BCUT2D eigenvalue weighted by atomic mass is 16.5. The first-order valence-corrected chi connectivity index (χ1v) is 11.1. The lowest BCUT2D eigenvalue weighted by Crippen LogP contribution is -2.48. The van der Waals surface area contributed by atoms with Gasteiger partial charge in [0.15, 0.2) is 11.5 Å². The molecule has 5 heteroatoms. The molecule has 0 radical (unpaired) electrons. The molecule has 0 bridgehead atoms. The Morgan fingerprint density at radius 3 is 2.25 bits per heavy atom. The van der Waals surface area contributed by atoms with Gasteiger partial charge in [-0.25, -0.2) is 0 Å². The number of carbonyl (C=O) groups is 1. The molecule has 1 saturated heterocycles. The minimum Gasteiger partial charge on any atom is -0.493 e. The molecule has 1 fully saturated rings. The highest BCUT2D eigenvalue weighted by Crippen LogP contribution is 2.31. The number of benzene rings is 3. The van der Waals surface area contributed by atoms with Crippen molar-refractivity contribution in [1.29, 1.82) is 0 Å². The van der Waals surface area contributed by atoms with Crippen molar-refractivity contribution in [2.45, 2.75) is 19.4 Å². The van der Waals surface area contributed by atoms with Crippen LogP contribution in [-0.2, 0) is 17.8 Å². The summed E-state index contributed by atoms with van der Waals surface area (Å²) in [5.41, 5.74) is 2.41. The lowest BCUT2D eigenvalue weighted by molar-refractivity contribution is -0.133. The van der Waals surface area contributed by atoms with Gasteiger partial charge in [0.05, 0.1) is 7.11 Å². The highest BCUT2D eigenvalue weighted by molar-refractivity contribution is 5.76. The quantitative estimate of drug-likeness (QED) is 0.517. The summed E-state index contributed by atoms with van der Waals surface area (Å²) in [7, 11) is 1.64. The molecule has 1 amide bonds. The lowest BCUT2D eigenvalue weighted by atomic mass is 10.1. The van der Waals surface area contributed by atoms with Crippen molar-refractivity contribution in [3.8, 4) is 17.2 Å². The number of ether oxygens (including phenoxy) is 2. The molecule has 0 spiro atoms. The number of carbonyl (C=O) groups excluding carboxylic acids is 1. The average molecular weight is 431 g/mol. The minimum atomic E-state index is 0.251. The van der Waals surface area contributed by atoms with Gasteiger partial charge < -0.3 is 14.4 Å². The van der Waals surface area contributed by atoms with E-state index in [1.807, 2.05) is 59.5 Å². The molecule has 1 aliphatic heterocycles. The minimum absolute atomic E-state index is 0.251. The summed E-state index contributed by atoms with van der Waals surface area (Å²) in [4.78, 5) is 17.0. The van der Waals surface area contributed by atoms with Crippen molar-refractivity contribution in [2.75, 3.05) is 33.3 Å². The zero-order valence-corrected chi connectivity index (χ0v) is 18.6. The van der Waals surface area contributed by atoms with Crippen LogP contribution in [-0.4, -0.2) is 49.0 Å². The molecule has 0 saturated carbocycles. The van der Waals surface area contributed by atoms with Crippen molar-refractivity contribution in [3.05, 3.63) is 90.0 Å². The van der Waals surface area contributed by atoms with Crippen LogP contribution in [0.2, 0.25) is 0 Å². The van der Waals surface area contributed by atoms with E-state index in [2.05, 4.69) is 29.2 Å². The molecule has 0 atom stereocenters. The Morgan fingerprint density at radius 2 is 1.50 bits per heavy atom. The van der Waals surface area contributed by atoms with E-state index in [-0.39, 0.29) is 5.91 Å². The maximum Gasteiger partial charge on any atom is 0.222 e. The van der Waals surface area contributed by atoms with Crippen molar-refractivity contribution >= 4 is 5.91 Å². The smallest absolute Gasteiger partial charge is 0.222 e. The number of para-hydroxylation sites is 2. The SMILES string of the molecule is COc1ccccc1Oc1cccc(CN2CCN(C(=O)CCc3ccccc3)CC2)c1. The zero-order valence-electron chi connectivity index (χ0n) is 18.6. The van der Waals surface area contributed by atoms with E-state index in [0.717, 1.165) is 44.9 Å². The molecule has 3 aromatic carbocycles. The summed E-state index contributed by atoms with van der Waals surface area (Å²) in [6, 6.07) is 26.0. The van der Waals surface area contributed by atoms with E-state index in [1.165, 1.54) is 11.1 Å². The largest absolute Gasteiger partial charge is 0.493 e. The third-order valence-electron chi connectivity index (χ3n) is 5.80. The summed E-state index contributed by atoms with van der Waals surface area (Å²) >= 11 is 0. The van der Waals surface area contributed by atoms with Crippen molar-refractivity contribution in [3.63, 3.8) is 0 Å². The van der Waals surface area contributed by atoms with Crippen LogP contribution in [0, 0.1) is 0 Å². The maximum atomic E-state index is 12.6. The molecule has 1 aliphatic rings. The second-order valence-electron chi connectivity index (χ2n) is 8.04. The van der Waals surface area contributed by atoms with E-state index >= 15 is 0 Å². The third kappa shape index (κ3) is 5.89. The average Bonchev–Trinajstić information content (AvgIpc) is 2.84. The molecule has 1 heterocycles. The molecule has 166 valence electrons. The van der Waals surface area contributed by atoms with Gasteiger partial charge in [0.2, 0.25) is 5.91 Å². The molecular formula is C27H30N2O3. The lowest BCUT2D eigenvalue weighted by Gasteiger charge is -2.35. The van der Waals surface area contributed by atoms with Crippen LogP contribution >= 0.6 is 0 Å². The Morgan fingerprint density at radius 1 is 0.812 bits per heavy atom. The standard InChI is InChI=1S/C27H30N2O3/c1-31-25-12-5-6-13-26(25)32-24-11-7-10-23(20-24)21-28-16-18-29(19-17-28)27(30)15-14-22-8-3-2-4-9-22/h2-13,20H,14-19,21H2,1H3. The van der Waals surface area contributed by atoms with Gasteiger partial charge in [-0.1, -0.05) is 54.6 Å². The van der Waals surface area contributed by atoms with E-state index in [1.54, 1.807) is 7.11 Å². The van der Waals surface area contributed by atoms with Gasteiger partial charge >= 0.3 is 0 Å². The number of rotatable bonds is 8. The molecule has 0 unspecified atom stereocenters. The monoisotopic (exact) mass is 430 g/mol. The first-order chi connectivity index (χ1) is 15.7. The Labute approximate surface area is 190 Å². The van der Waals surface area contributed by atoms with E-state index < -0.39 is 0 Å². The van der Waals surface area contributed by atoms with Crippen molar-refractivity contribution in [2.24, 2.45) is 0 Å². The van der Waals surface area contributed by atoms with Crippen LogP contribution in [0.1, 0.15) is 17.5 Å². The van der Waals surface area contributed by atoms with Gasteiger partial charge in [-0.15, -0.1) is 0 Å². The molecule has 0 aromatic heterocycles. The number of methoxy groups -OCH3 is 1. The highest BCUT2D eigenvalue weighted by Gasteiger charge is 2.21. The fourth-order valence-corrected chi connectivity index (χ4v) is 4.01. The van der Waals surface area contributed by atoms with Crippen LogP contribution in [0.5, 0.6) is 17.2 Å². The number of hydrogen-bond acceptors (Lipinski definition) is 4. The summed E-state index contributed by atoms with van der Waals surface area (Å²) in [5.74, 6) is 2.46. The Bertz CT molecular complexity index is 1010. The van der Waals surface area contributed by atoms with Gasteiger partial charge in [0, 0.05) is 39.1 Å². The molecule has 0 aliphatic carbocycles. The zero-order chi connectivity index (χ0) is 22.2. The van der Waals surface area contributed by atoms with Crippen LogP contribution in [0.15, 0.2) is 78.9 Å². The first kappa shape index (κ1) is 21.9. The van der Waals surface area contributed by atoms with Crippen LogP contribution < -0.4 is 9.47 Å². The summed E-state index contributed by atoms with van der Waals surface area (Å²) in [5, 5.41) is 0. The topological polar surface area (TPSA) is 42.0 Å². The summed E-state index contributed by atoms with van der Waals surface area (Å²) < 4.78 is 11.4. The Kier molecular flexibility index (Phi) is 7.41. The van der Waals surface area contributed by atoms with Crippen LogP contribution in [0.4, 0.5) is 0 Å². The summed E-state index contributed by atoms with van der Waals surface area (Å²) in [6.07, 6.45) is 1.38. The normalized spacial score (nSPS) is 14.2. The van der Waals surface area contributed by atoms with Gasteiger partial charge in [-0.05, 0) is 41.8 Å². The Balaban J connectivity index is 1.27. The fraction of sp³-hybridized carbons (Fsp3) is 0.296. The van der Waals surface area contributed by atoms with E-state index in [4.69, 9.17) is 9.47 Å². The first-order valence-electron chi connectivity index (χ1n) is 11.1. The molecule has 32 heavy (non-hydrogen) atoms. The molecule has 4 rings (SSSR count). The van der Waals surface area contributed by atoms with Gasteiger partial charge in [-0.3, -0.25) is 9.69 Å². The number of hydrogen-bond donors (Lipinski definition) is 0. The molecular weight excluding hydrogens is 400 g/mol. The van der Waals surface area contributed by atoms with E-state index in [9.17, 15) is 4.79 Å². The van der Waals surface area contributed by atoms with Gasteiger partial charge in [0.25, 0.3) is 0 Å². The van der Waals surface area contributed by atoms with Crippen molar-refractivity contribution < 1.29 is 14.3 Å². The molecule has 3 aromatic rings. The predicted molar refractivity (Wildman–Crippen MR) is 126 cm³/mol. The third-order valence-corrected chi connectivity index (χ3v) is 5.80. The maximum absolute atomic E-state index is 12.6. The van der Waals surface area contributed by atoms with Gasteiger partial charge in [-0.2, -0.15) is 0 Å². The van der Waals surface area contributed by atoms with E-state index in [0.29, 0.717) is 17.9 Å². The van der Waals surface area contributed by atoms with Gasteiger partial charge in [0.1, 0.15) is 5.75 Å². The Hall–Kier alpha value is -3.31. The molecule has 5 nitrogen and oxygen atoms in total. The second-order valence-corrected chi connectivity index (χ2v) is 8.04. The predicted octanol–water partition coefficient (Wildman–Crippen LogP) is 4.76. The summed E-state index contributed by atoms with van der Waals surface area (Å²) in [6.45, 7) is 4.18. The molecule has 0 N–H and O–H groups in total. The fourth-order valence-electron chi connectivity index (χ4n) is 4.01. The second kappa shape index (κ2) is 10.8. The van der Waals surface area contributed by atoms with Crippen LogP contribution in [0.3, 0.4) is 0 Å². The number of piperazine rings is 1. The number of nitrogens with zero attached hydrogens (tertiary/aromatic N) is 2. The van der Waals surface area contributed by atoms with Crippen LogP contribution in [0.25, 0.3) is 0 Å². The van der Waals surface area contributed by atoms with Crippen molar-refractivity contribution in [1.82, 2.24) is 9.80 Å².